The molecule has 1 N–H and O–H groups in total. The number of hydrogen-bond donors (Lipinski definition) is 1. The molecule has 0 aliphatic heterocycles. The van der Waals surface area contributed by atoms with E-state index in [1.807, 2.05) is 6.92 Å². The highest BCUT2D eigenvalue weighted by Gasteiger charge is 2.43. The third kappa shape index (κ3) is 4.65. The van der Waals surface area contributed by atoms with Crippen molar-refractivity contribution in [1.82, 2.24) is 4.31 Å². The van der Waals surface area contributed by atoms with Gasteiger partial charge in [0.15, 0.2) is 6.61 Å². The van der Waals surface area contributed by atoms with Gasteiger partial charge in [-0.25, -0.2) is 13.2 Å². The van der Waals surface area contributed by atoms with E-state index >= 15 is 0 Å². The molecule has 4 rings (SSSR count). The summed E-state index contributed by atoms with van der Waals surface area (Å²) >= 11 is 0. The number of carbonyl (C=O) groups is 1. The minimum absolute atomic E-state index is 0.374. The Balaban J connectivity index is 1.73. The molecule has 0 bridgehead atoms. The lowest BCUT2D eigenvalue weighted by atomic mass is 9.87. The lowest BCUT2D eigenvalue weighted by molar-refractivity contribution is -0.139. The molecule has 6 nitrogen and oxygen atoms in total. The first-order valence-corrected chi connectivity index (χ1v) is 12.4. The SMILES string of the molecule is CN(C1CCCc2c(OCC(=O)O)cccc21)S(=O)(=O)c1cc(C(F)(F)F)cc(C2(C)CC2)c1. The molecule has 0 aromatic heterocycles. The molecule has 10 heteroatoms. The van der Waals surface area contributed by atoms with Crippen LogP contribution in [0.25, 0.3) is 0 Å². The van der Waals surface area contributed by atoms with Gasteiger partial charge in [0, 0.05) is 7.05 Å². The maximum Gasteiger partial charge on any atom is 0.416 e. The number of hydrogen-bond acceptors (Lipinski definition) is 4. The van der Waals surface area contributed by atoms with Crippen molar-refractivity contribution in [3.8, 4) is 5.75 Å². The predicted molar refractivity (Wildman–Crippen MR) is 118 cm³/mol. The zero-order chi connectivity index (χ0) is 24.9. The summed E-state index contributed by atoms with van der Waals surface area (Å²) in [6.07, 6.45) is -1.57. The number of fused-ring (bicyclic) bond motifs is 1. The van der Waals surface area contributed by atoms with Gasteiger partial charge in [0.2, 0.25) is 10.0 Å². The first kappa shape index (κ1) is 24.5. The van der Waals surface area contributed by atoms with E-state index < -0.39 is 45.8 Å². The van der Waals surface area contributed by atoms with Crippen LogP contribution in [0.5, 0.6) is 5.75 Å². The molecule has 1 unspecified atom stereocenters. The lowest BCUT2D eigenvalue weighted by Crippen LogP contribution is -2.34. The average Bonchev–Trinajstić information content (AvgIpc) is 3.54. The predicted octanol–water partition coefficient (Wildman–Crippen LogP) is 4.92. The zero-order valence-corrected chi connectivity index (χ0v) is 19.7. The number of carboxylic acids is 1. The Morgan fingerprint density at radius 2 is 1.94 bits per heavy atom. The number of alkyl halides is 3. The van der Waals surface area contributed by atoms with Gasteiger partial charge in [-0.3, -0.25) is 0 Å². The largest absolute Gasteiger partial charge is 0.482 e. The molecule has 0 saturated heterocycles. The fourth-order valence-electron chi connectivity index (χ4n) is 4.51. The van der Waals surface area contributed by atoms with Crippen LogP contribution in [0.4, 0.5) is 13.2 Å². The van der Waals surface area contributed by atoms with E-state index in [0.29, 0.717) is 55.0 Å². The molecule has 0 amide bonds. The average molecular weight is 498 g/mol. The maximum atomic E-state index is 13.6. The summed E-state index contributed by atoms with van der Waals surface area (Å²) in [4.78, 5) is 10.5. The number of sulfonamides is 1. The van der Waals surface area contributed by atoms with Crippen LogP contribution in [0, 0.1) is 0 Å². The molecular formula is C24H26F3NO5S. The molecule has 34 heavy (non-hydrogen) atoms. The number of aliphatic carboxylic acids is 1. The van der Waals surface area contributed by atoms with Gasteiger partial charge in [-0.1, -0.05) is 19.1 Å². The number of carboxylic acid groups (broad SMARTS) is 1. The van der Waals surface area contributed by atoms with Gasteiger partial charge in [-0.2, -0.15) is 17.5 Å². The molecule has 1 fully saturated rings. The second-order valence-electron chi connectivity index (χ2n) is 9.24. The van der Waals surface area contributed by atoms with Crippen molar-refractivity contribution in [2.45, 2.75) is 61.6 Å². The number of ether oxygens (including phenoxy) is 1. The number of rotatable bonds is 7. The second kappa shape index (κ2) is 8.57. The molecular weight excluding hydrogens is 471 g/mol. The van der Waals surface area contributed by atoms with Crippen LogP contribution in [0.3, 0.4) is 0 Å². The quantitative estimate of drug-likeness (QED) is 0.587. The highest BCUT2D eigenvalue weighted by Crippen LogP contribution is 2.49. The molecule has 1 atom stereocenters. The second-order valence-corrected chi connectivity index (χ2v) is 11.2. The highest BCUT2D eigenvalue weighted by molar-refractivity contribution is 7.89. The van der Waals surface area contributed by atoms with Gasteiger partial charge in [-0.15, -0.1) is 0 Å². The smallest absolute Gasteiger partial charge is 0.416 e. The summed E-state index contributed by atoms with van der Waals surface area (Å²) in [6, 6.07) is 7.55. The molecule has 184 valence electrons. The Bertz CT molecular complexity index is 1200. The van der Waals surface area contributed by atoms with Crippen LogP contribution in [0.1, 0.15) is 60.9 Å². The molecule has 0 spiro atoms. The van der Waals surface area contributed by atoms with Gasteiger partial charge in [-0.05, 0) is 78.5 Å². The van der Waals surface area contributed by atoms with Gasteiger partial charge in [0.05, 0.1) is 16.5 Å². The topological polar surface area (TPSA) is 83.9 Å². The van der Waals surface area contributed by atoms with E-state index in [-0.39, 0.29) is 4.90 Å². The van der Waals surface area contributed by atoms with E-state index in [1.165, 1.54) is 13.1 Å². The summed E-state index contributed by atoms with van der Waals surface area (Å²) in [7, 11) is -2.89. The van der Waals surface area contributed by atoms with Crippen LogP contribution < -0.4 is 4.74 Å². The van der Waals surface area contributed by atoms with E-state index in [1.54, 1.807) is 18.2 Å². The molecule has 2 aliphatic rings. The van der Waals surface area contributed by atoms with Crippen molar-refractivity contribution in [1.29, 1.82) is 0 Å². The zero-order valence-electron chi connectivity index (χ0n) is 18.9. The molecule has 2 aromatic rings. The van der Waals surface area contributed by atoms with Crippen molar-refractivity contribution in [2.75, 3.05) is 13.7 Å². The van der Waals surface area contributed by atoms with Crippen molar-refractivity contribution in [3.63, 3.8) is 0 Å². The van der Waals surface area contributed by atoms with Gasteiger partial charge in [0.25, 0.3) is 0 Å². The maximum absolute atomic E-state index is 13.6. The van der Waals surface area contributed by atoms with Gasteiger partial charge in [0.1, 0.15) is 5.75 Å². The standard InChI is InChI=1S/C24H26F3NO5S/c1-23(9-10-23)15-11-16(24(25,26)27)13-17(12-15)34(31,32)28(2)20-7-3-6-19-18(20)5-4-8-21(19)33-14-22(29)30/h4-5,8,11-13,20H,3,6-7,9-10,14H2,1-2H3,(H,29,30). The summed E-state index contributed by atoms with van der Waals surface area (Å²) in [5.41, 5.74) is 0.345. The first-order chi connectivity index (χ1) is 15.8. The van der Waals surface area contributed by atoms with Crippen molar-refractivity contribution >= 4 is 16.0 Å². The Kier molecular flexibility index (Phi) is 6.18. The van der Waals surface area contributed by atoms with E-state index in [9.17, 15) is 26.4 Å². The molecule has 1 saturated carbocycles. The van der Waals surface area contributed by atoms with Crippen molar-refractivity contribution in [2.24, 2.45) is 0 Å². The lowest BCUT2D eigenvalue weighted by Gasteiger charge is -2.33. The molecule has 0 radical (unpaired) electrons. The Morgan fingerprint density at radius 3 is 2.56 bits per heavy atom. The van der Waals surface area contributed by atoms with Crippen molar-refractivity contribution < 1.29 is 36.2 Å². The van der Waals surface area contributed by atoms with Gasteiger partial charge >= 0.3 is 12.1 Å². The highest BCUT2D eigenvalue weighted by atomic mass is 32.2. The van der Waals surface area contributed by atoms with Crippen LogP contribution in [0.2, 0.25) is 0 Å². The Hall–Kier alpha value is -2.59. The summed E-state index contributed by atoms with van der Waals surface area (Å²) in [5, 5.41) is 8.92. The van der Waals surface area contributed by atoms with Crippen molar-refractivity contribution in [3.05, 3.63) is 58.7 Å². The van der Waals surface area contributed by atoms with Crippen LogP contribution in [-0.2, 0) is 32.8 Å². The minimum Gasteiger partial charge on any atom is -0.482 e. The number of benzene rings is 2. The van der Waals surface area contributed by atoms with Crippen LogP contribution >= 0.6 is 0 Å². The molecule has 0 heterocycles. The monoisotopic (exact) mass is 497 g/mol. The number of halogens is 3. The van der Waals surface area contributed by atoms with E-state index in [4.69, 9.17) is 9.84 Å². The third-order valence-corrected chi connectivity index (χ3v) is 8.67. The third-order valence-electron chi connectivity index (χ3n) is 6.83. The summed E-state index contributed by atoms with van der Waals surface area (Å²) < 4.78 is 74.5. The molecule has 2 aromatic carbocycles. The summed E-state index contributed by atoms with van der Waals surface area (Å²) in [6.45, 7) is 1.31. The minimum atomic E-state index is -4.67. The molecule has 2 aliphatic carbocycles. The fourth-order valence-corrected chi connectivity index (χ4v) is 5.95. The first-order valence-electron chi connectivity index (χ1n) is 11.0. The fraction of sp³-hybridized carbons (Fsp3) is 0.458. The Morgan fingerprint density at radius 1 is 1.24 bits per heavy atom. The van der Waals surface area contributed by atoms with Crippen LogP contribution in [-0.4, -0.2) is 37.5 Å². The number of nitrogens with zero attached hydrogens (tertiary/aromatic N) is 1. The van der Waals surface area contributed by atoms with E-state index in [2.05, 4.69) is 0 Å². The van der Waals surface area contributed by atoms with Crippen LogP contribution in [0.15, 0.2) is 41.3 Å². The van der Waals surface area contributed by atoms with E-state index in [0.717, 1.165) is 15.9 Å². The Labute approximate surface area is 196 Å². The van der Waals surface area contributed by atoms with Gasteiger partial charge < -0.3 is 9.84 Å². The normalized spacial score (nSPS) is 19.5. The summed E-state index contributed by atoms with van der Waals surface area (Å²) in [5.74, 6) is -0.757.